The minimum atomic E-state index is 0.515. The number of nitrogens with zero attached hydrogens (tertiary/aromatic N) is 4. The molecule has 23 heavy (non-hydrogen) atoms. The van der Waals surface area contributed by atoms with Crippen molar-refractivity contribution in [2.45, 2.75) is 13.1 Å². The highest BCUT2D eigenvalue weighted by molar-refractivity contribution is 7.07. The summed E-state index contributed by atoms with van der Waals surface area (Å²) < 4.78 is 0. The molecule has 0 N–H and O–H groups in total. The molecule has 0 radical (unpaired) electrons. The third-order valence-corrected chi connectivity index (χ3v) is 4.89. The van der Waals surface area contributed by atoms with Crippen molar-refractivity contribution in [2.75, 3.05) is 16.5 Å². The molecule has 1 aliphatic heterocycles. The molecule has 0 unspecified atom stereocenters. The molecule has 116 valence electrons. The average Bonchev–Trinajstić information content (AvgIpc) is 3.18. The maximum Gasteiger partial charge on any atom is 0.159 e. The molecule has 1 aliphatic rings. The standard InChI is InChI=1S/C17H15ClN4S/c18-16-15-17(20-11-19-16)22(8-13-4-2-1-3-5-13)12-21(15)9-14-6-7-23-10-14/h1-7,10-11H,8-9,12H2. The first-order valence-corrected chi connectivity index (χ1v) is 8.69. The summed E-state index contributed by atoms with van der Waals surface area (Å²) in [5.41, 5.74) is 3.46. The second kappa shape index (κ2) is 6.18. The molecule has 2 aromatic heterocycles. The van der Waals surface area contributed by atoms with Crippen LogP contribution in [0.2, 0.25) is 5.15 Å². The molecule has 0 fully saturated rings. The highest BCUT2D eigenvalue weighted by Crippen LogP contribution is 2.39. The lowest BCUT2D eigenvalue weighted by Gasteiger charge is -2.21. The van der Waals surface area contributed by atoms with E-state index in [-0.39, 0.29) is 0 Å². The second-order valence-electron chi connectivity index (χ2n) is 5.49. The number of hydrogen-bond donors (Lipinski definition) is 0. The van der Waals surface area contributed by atoms with Crippen molar-refractivity contribution in [3.8, 4) is 0 Å². The lowest BCUT2D eigenvalue weighted by molar-refractivity contribution is 0.760. The first kappa shape index (κ1) is 14.5. The fourth-order valence-electron chi connectivity index (χ4n) is 2.86. The molecule has 3 heterocycles. The van der Waals surface area contributed by atoms with Crippen molar-refractivity contribution in [2.24, 2.45) is 0 Å². The van der Waals surface area contributed by atoms with Gasteiger partial charge in [0.2, 0.25) is 0 Å². The average molecular weight is 343 g/mol. The third-order valence-electron chi connectivity index (χ3n) is 3.89. The van der Waals surface area contributed by atoms with Crippen molar-refractivity contribution in [3.63, 3.8) is 0 Å². The van der Waals surface area contributed by atoms with E-state index in [1.165, 1.54) is 17.5 Å². The molecule has 0 saturated carbocycles. The van der Waals surface area contributed by atoms with Crippen LogP contribution >= 0.6 is 22.9 Å². The first-order valence-electron chi connectivity index (χ1n) is 7.36. The number of aromatic nitrogens is 2. The zero-order valence-corrected chi connectivity index (χ0v) is 14.0. The van der Waals surface area contributed by atoms with Gasteiger partial charge in [0.05, 0.1) is 6.67 Å². The topological polar surface area (TPSA) is 32.3 Å². The molecule has 4 nitrogen and oxygen atoms in total. The fraction of sp³-hybridized carbons (Fsp3) is 0.176. The molecule has 3 aromatic rings. The Morgan fingerprint density at radius 3 is 2.61 bits per heavy atom. The van der Waals surface area contributed by atoms with Gasteiger partial charge < -0.3 is 9.80 Å². The summed E-state index contributed by atoms with van der Waals surface area (Å²) in [7, 11) is 0. The summed E-state index contributed by atoms with van der Waals surface area (Å²) in [5, 5.41) is 4.77. The van der Waals surface area contributed by atoms with Gasteiger partial charge in [-0.05, 0) is 28.0 Å². The minimum Gasteiger partial charge on any atom is -0.344 e. The van der Waals surface area contributed by atoms with Crippen LogP contribution in [-0.4, -0.2) is 16.6 Å². The number of benzene rings is 1. The summed E-state index contributed by atoms with van der Waals surface area (Å²) >= 11 is 8.06. The minimum absolute atomic E-state index is 0.515. The Labute approximate surface area is 144 Å². The van der Waals surface area contributed by atoms with Crippen LogP contribution in [0.15, 0.2) is 53.5 Å². The lowest BCUT2D eigenvalue weighted by Crippen LogP contribution is -2.30. The monoisotopic (exact) mass is 342 g/mol. The Morgan fingerprint density at radius 1 is 1.00 bits per heavy atom. The molecule has 0 amide bonds. The molecule has 4 rings (SSSR count). The maximum absolute atomic E-state index is 6.36. The van der Waals surface area contributed by atoms with E-state index in [0.717, 1.165) is 31.3 Å². The van der Waals surface area contributed by atoms with Crippen molar-refractivity contribution >= 4 is 34.4 Å². The molecular formula is C17H15ClN4S. The Hall–Kier alpha value is -2.11. The van der Waals surface area contributed by atoms with Gasteiger partial charge in [-0.3, -0.25) is 0 Å². The van der Waals surface area contributed by atoms with Gasteiger partial charge in [0.1, 0.15) is 12.0 Å². The van der Waals surface area contributed by atoms with Gasteiger partial charge in [0.25, 0.3) is 0 Å². The van der Waals surface area contributed by atoms with Gasteiger partial charge in [-0.15, -0.1) is 0 Å². The van der Waals surface area contributed by atoms with E-state index in [0.29, 0.717) is 5.15 Å². The largest absolute Gasteiger partial charge is 0.344 e. The summed E-state index contributed by atoms with van der Waals surface area (Å²) in [6.07, 6.45) is 1.53. The van der Waals surface area contributed by atoms with Crippen LogP contribution in [0.3, 0.4) is 0 Å². The normalized spacial score (nSPS) is 13.4. The van der Waals surface area contributed by atoms with Gasteiger partial charge in [0.15, 0.2) is 11.0 Å². The third kappa shape index (κ3) is 2.90. The highest BCUT2D eigenvalue weighted by Gasteiger charge is 2.30. The molecule has 0 spiro atoms. The van der Waals surface area contributed by atoms with Crippen LogP contribution < -0.4 is 9.80 Å². The van der Waals surface area contributed by atoms with Gasteiger partial charge in [0, 0.05) is 13.1 Å². The van der Waals surface area contributed by atoms with Crippen LogP contribution in [0.4, 0.5) is 11.5 Å². The number of fused-ring (bicyclic) bond motifs is 1. The van der Waals surface area contributed by atoms with Crippen molar-refractivity contribution < 1.29 is 0 Å². The van der Waals surface area contributed by atoms with E-state index < -0.39 is 0 Å². The smallest absolute Gasteiger partial charge is 0.159 e. The van der Waals surface area contributed by atoms with Crippen molar-refractivity contribution in [1.82, 2.24) is 9.97 Å². The molecule has 0 bridgehead atoms. The van der Waals surface area contributed by atoms with E-state index >= 15 is 0 Å². The van der Waals surface area contributed by atoms with Crippen molar-refractivity contribution in [3.05, 3.63) is 69.8 Å². The molecule has 0 atom stereocenters. The van der Waals surface area contributed by atoms with E-state index in [2.05, 4.69) is 60.9 Å². The predicted octanol–water partition coefficient (Wildman–Crippen LogP) is 4.18. The summed E-state index contributed by atoms with van der Waals surface area (Å²) in [6.45, 7) is 2.38. The summed E-state index contributed by atoms with van der Waals surface area (Å²) in [4.78, 5) is 13.1. The first-order chi connectivity index (χ1) is 11.3. The Morgan fingerprint density at radius 2 is 1.83 bits per heavy atom. The highest BCUT2D eigenvalue weighted by atomic mass is 35.5. The number of hydrogen-bond acceptors (Lipinski definition) is 5. The fourth-order valence-corrected chi connectivity index (χ4v) is 3.76. The summed E-state index contributed by atoms with van der Waals surface area (Å²) in [5.74, 6) is 0.907. The van der Waals surface area contributed by atoms with E-state index in [1.807, 2.05) is 6.07 Å². The van der Waals surface area contributed by atoms with Gasteiger partial charge in [-0.1, -0.05) is 41.9 Å². The van der Waals surface area contributed by atoms with Crippen LogP contribution in [-0.2, 0) is 13.1 Å². The Balaban J connectivity index is 1.64. The van der Waals surface area contributed by atoms with E-state index in [4.69, 9.17) is 11.6 Å². The molecular weight excluding hydrogens is 328 g/mol. The Bertz CT molecular complexity index is 792. The number of rotatable bonds is 4. The molecule has 6 heteroatoms. The van der Waals surface area contributed by atoms with Crippen LogP contribution in [0.25, 0.3) is 0 Å². The second-order valence-corrected chi connectivity index (χ2v) is 6.63. The molecule has 1 aromatic carbocycles. The number of thiophene rings is 1. The molecule has 0 saturated heterocycles. The van der Waals surface area contributed by atoms with Gasteiger partial charge in [-0.2, -0.15) is 11.3 Å². The van der Waals surface area contributed by atoms with Gasteiger partial charge in [-0.25, -0.2) is 9.97 Å². The maximum atomic E-state index is 6.36. The van der Waals surface area contributed by atoms with Gasteiger partial charge >= 0.3 is 0 Å². The van der Waals surface area contributed by atoms with E-state index in [9.17, 15) is 0 Å². The lowest BCUT2D eigenvalue weighted by atomic mass is 10.2. The quantitative estimate of drug-likeness (QED) is 0.666. The Kier molecular flexibility index (Phi) is 3.89. The number of halogens is 1. The SMILES string of the molecule is Clc1ncnc2c1N(Cc1ccsc1)CN2Cc1ccccc1. The van der Waals surface area contributed by atoms with Crippen LogP contribution in [0, 0.1) is 0 Å². The zero-order valence-electron chi connectivity index (χ0n) is 12.4. The number of anilines is 2. The van der Waals surface area contributed by atoms with Crippen LogP contribution in [0.1, 0.15) is 11.1 Å². The van der Waals surface area contributed by atoms with Crippen LogP contribution in [0.5, 0.6) is 0 Å². The zero-order chi connectivity index (χ0) is 15.6. The van der Waals surface area contributed by atoms with E-state index in [1.54, 1.807) is 11.3 Å². The summed E-state index contributed by atoms with van der Waals surface area (Å²) in [6, 6.07) is 12.5. The van der Waals surface area contributed by atoms with Crippen molar-refractivity contribution in [1.29, 1.82) is 0 Å². The molecule has 0 aliphatic carbocycles. The predicted molar refractivity (Wildman–Crippen MR) is 95.0 cm³/mol.